The lowest BCUT2D eigenvalue weighted by molar-refractivity contribution is -0.142. The smallest absolute Gasteiger partial charge is 0.407 e. The van der Waals surface area contributed by atoms with E-state index in [1.807, 2.05) is 46.6 Å². The Bertz CT molecular complexity index is 1530. The van der Waals surface area contributed by atoms with Gasteiger partial charge in [-0.25, -0.2) is 27.7 Å². The van der Waals surface area contributed by atoms with Crippen LogP contribution in [-0.2, 0) is 14.3 Å². The van der Waals surface area contributed by atoms with Crippen LogP contribution in [0.3, 0.4) is 0 Å². The third-order valence-corrected chi connectivity index (χ3v) is 10.1. The second-order valence-electron chi connectivity index (χ2n) is 12.6. The van der Waals surface area contributed by atoms with Gasteiger partial charge in [0.25, 0.3) is 0 Å². The van der Waals surface area contributed by atoms with Gasteiger partial charge in [0.05, 0.1) is 5.54 Å². The molecule has 0 spiro atoms. The Morgan fingerprint density at radius 2 is 1.65 bits per heavy atom. The number of likely N-dealkylation sites (N-methyl/N-ethyl adjacent to an activating group) is 2. The van der Waals surface area contributed by atoms with E-state index in [4.69, 9.17) is 4.74 Å². The third-order valence-electron chi connectivity index (χ3n) is 9.15. The Kier molecular flexibility index (Phi) is 13.1. The summed E-state index contributed by atoms with van der Waals surface area (Å²) in [5, 5.41) is 6.41. The number of ether oxygens (including phenoxy) is 2. The van der Waals surface area contributed by atoms with Crippen LogP contribution < -0.4 is 15.4 Å². The maximum atomic E-state index is 14.1. The maximum absolute atomic E-state index is 14.1. The number of hydrogen-bond acceptors (Lipinski definition) is 9. The molecule has 2 N–H and O–H groups in total. The molecule has 1 aromatic carbocycles. The maximum Gasteiger partial charge on any atom is 0.407 e. The molecular weight excluding hydrogens is 677 g/mol. The van der Waals surface area contributed by atoms with E-state index in [2.05, 4.69) is 20.4 Å². The van der Waals surface area contributed by atoms with Crippen molar-refractivity contribution in [1.29, 1.82) is 0 Å². The number of halogens is 5. The monoisotopic (exact) mass is 719 g/mol. The summed E-state index contributed by atoms with van der Waals surface area (Å²) in [5.41, 5.74) is -1.33. The lowest BCUT2D eigenvalue weighted by atomic mass is 9.91. The number of rotatable bonds is 13. The molecule has 1 saturated heterocycles. The first-order chi connectivity index (χ1) is 22.9. The fourth-order valence-corrected chi connectivity index (χ4v) is 6.41. The van der Waals surface area contributed by atoms with Gasteiger partial charge in [0.2, 0.25) is 46.6 Å². The van der Waals surface area contributed by atoms with E-state index in [1.54, 1.807) is 7.05 Å². The largest absolute Gasteiger partial charge is 0.439 e. The van der Waals surface area contributed by atoms with Crippen molar-refractivity contribution < 1.29 is 50.6 Å². The second-order valence-corrected chi connectivity index (χ2v) is 13.5. The van der Waals surface area contributed by atoms with Crippen LogP contribution in [0.5, 0.6) is 5.75 Å². The molecule has 2 aromatic rings. The van der Waals surface area contributed by atoms with Gasteiger partial charge in [0, 0.05) is 31.9 Å². The number of amides is 3. The second kappa shape index (κ2) is 16.2. The van der Waals surface area contributed by atoms with E-state index < -0.39 is 76.3 Å². The molecule has 3 amide bonds. The molecule has 3 rings (SSSR count). The Morgan fingerprint density at radius 1 is 1.06 bits per heavy atom. The van der Waals surface area contributed by atoms with Crippen LogP contribution >= 0.6 is 11.3 Å². The Labute approximate surface area is 285 Å². The number of benzene rings is 1. The number of aromatic nitrogens is 1. The normalized spacial score (nSPS) is 18.8. The molecule has 272 valence electrons. The SMILES string of the molecule is CC[C@H](C)[C@H](NC(=O)[C@@]1(C)CCCN1C)C(=O)N(C)[C@H](C[C@@H](OC(=O)NC)c1nc(C(=O)Oc2c(F)c(F)c(F)c(F)c2F)cs1)C(C)C. The van der Waals surface area contributed by atoms with Crippen molar-refractivity contribution in [3.8, 4) is 5.75 Å². The zero-order valence-electron chi connectivity index (χ0n) is 28.6. The highest BCUT2D eigenvalue weighted by molar-refractivity contribution is 7.09. The summed E-state index contributed by atoms with van der Waals surface area (Å²) in [6.45, 7) is 10.0. The number of esters is 1. The number of alkyl carbamates (subject to hydrolysis) is 1. The molecule has 49 heavy (non-hydrogen) atoms. The molecule has 11 nitrogen and oxygen atoms in total. The molecule has 1 aliphatic rings. The molecule has 1 aromatic heterocycles. The van der Waals surface area contributed by atoms with Crippen molar-refractivity contribution in [2.24, 2.45) is 11.8 Å². The predicted molar refractivity (Wildman–Crippen MR) is 169 cm³/mol. The number of likely N-dealkylation sites (tertiary alicyclic amines) is 1. The van der Waals surface area contributed by atoms with E-state index >= 15 is 0 Å². The average molecular weight is 720 g/mol. The summed E-state index contributed by atoms with van der Waals surface area (Å²) in [7, 11) is 4.75. The highest BCUT2D eigenvalue weighted by atomic mass is 32.1. The van der Waals surface area contributed by atoms with E-state index in [0.29, 0.717) is 12.8 Å². The fraction of sp³-hybridized carbons (Fsp3) is 0.594. The van der Waals surface area contributed by atoms with Crippen LogP contribution in [0.2, 0.25) is 0 Å². The Balaban J connectivity index is 1.89. The van der Waals surface area contributed by atoms with Gasteiger partial charge in [-0.3, -0.25) is 14.5 Å². The number of nitrogens with one attached hydrogen (secondary N) is 2. The molecular formula is C32H42F5N5O6S. The number of thiazole rings is 1. The van der Waals surface area contributed by atoms with Crippen molar-refractivity contribution >= 4 is 35.2 Å². The summed E-state index contributed by atoms with van der Waals surface area (Å²) in [5.74, 6) is -16.1. The number of carbonyl (C=O) groups is 4. The van der Waals surface area contributed by atoms with Crippen molar-refractivity contribution in [1.82, 2.24) is 25.4 Å². The summed E-state index contributed by atoms with van der Waals surface area (Å²) in [6.07, 6.45) is -0.00177. The first kappa shape index (κ1) is 39.6. The predicted octanol–water partition coefficient (Wildman–Crippen LogP) is 5.34. The van der Waals surface area contributed by atoms with Gasteiger partial charge in [-0.2, -0.15) is 8.78 Å². The summed E-state index contributed by atoms with van der Waals surface area (Å²) < 4.78 is 79.0. The summed E-state index contributed by atoms with van der Waals surface area (Å²) >= 11 is 0.799. The van der Waals surface area contributed by atoms with Gasteiger partial charge >= 0.3 is 12.1 Å². The molecule has 0 aliphatic carbocycles. The van der Waals surface area contributed by atoms with Crippen LogP contribution in [0.15, 0.2) is 5.38 Å². The highest BCUT2D eigenvalue weighted by Crippen LogP contribution is 2.33. The van der Waals surface area contributed by atoms with Crippen LogP contribution in [0.1, 0.15) is 81.9 Å². The third kappa shape index (κ3) is 8.48. The number of nitrogens with zero attached hydrogens (tertiary/aromatic N) is 3. The van der Waals surface area contributed by atoms with Gasteiger partial charge in [-0.05, 0) is 45.2 Å². The summed E-state index contributed by atoms with van der Waals surface area (Å²) in [4.78, 5) is 60.2. The van der Waals surface area contributed by atoms with Gasteiger partial charge in [0.15, 0.2) is 11.8 Å². The minimum atomic E-state index is -2.42. The van der Waals surface area contributed by atoms with E-state index in [0.717, 1.165) is 29.7 Å². The van der Waals surface area contributed by atoms with Crippen molar-refractivity contribution in [2.45, 2.75) is 84.0 Å². The van der Waals surface area contributed by atoms with Crippen LogP contribution in [-0.4, -0.2) is 84.0 Å². The van der Waals surface area contributed by atoms with Crippen molar-refractivity contribution in [2.75, 3.05) is 27.7 Å². The van der Waals surface area contributed by atoms with Gasteiger partial charge < -0.3 is 25.0 Å². The molecule has 0 radical (unpaired) electrons. The lowest BCUT2D eigenvalue weighted by Crippen LogP contribution is -2.60. The quantitative estimate of drug-likeness (QED) is 0.0934. The number of hydrogen-bond donors (Lipinski definition) is 2. The van der Waals surface area contributed by atoms with E-state index in [9.17, 15) is 41.1 Å². The van der Waals surface area contributed by atoms with E-state index in [-0.39, 0.29) is 35.1 Å². The van der Waals surface area contributed by atoms with E-state index in [1.165, 1.54) is 11.9 Å². The topological polar surface area (TPSA) is 130 Å². The summed E-state index contributed by atoms with van der Waals surface area (Å²) in [6, 6.07) is -1.47. The molecule has 1 fully saturated rings. The van der Waals surface area contributed by atoms with Crippen molar-refractivity contribution in [3.63, 3.8) is 0 Å². The van der Waals surface area contributed by atoms with Crippen LogP contribution in [0.4, 0.5) is 26.7 Å². The minimum absolute atomic E-state index is 0.0171. The lowest BCUT2D eigenvalue weighted by Gasteiger charge is -2.38. The first-order valence-electron chi connectivity index (χ1n) is 15.8. The van der Waals surface area contributed by atoms with Crippen LogP contribution in [0, 0.1) is 40.9 Å². The molecule has 17 heteroatoms. The molecule has 0 bridgehead atoms. The standard InChI is InChI=1S/C32H42F5N5O6S/c1-9-16(4)25(40-30(45)32(5)11-10-12-41(32)7)28(43)42(8)18(15(2)3)13-19(47-31(46)38-6)27-39-17(14-49-27)29(44)48-26-23(36)21(34)20(33)22(35)24(26)37/h14-16,18-19,25H,9-13H2,1-8H3,(H,38,46)(H,40,45)/t16-,18+,19+,25-,32+/m0/s1. The number of carbonyl (C=O) groups excluding carboxylic acids is 4. The van der Waals surface area contributed by atoms with Gasteiger partial charge in [-0.15, -0.1) is 11.3 Å². The van der Waals surface area contributed by atoms with Crippen LogP contribution in [0.25, 0.3) is 0 Å². The Hall–Kier alpha value is -3.86. The molecule has 0 unspecified atom stereocenters. The van der Waals surface area contributed by atoms with Gasteiger partial charge in [0.1, 0.15) is 11.0 Å². The van der Waals surface area contributed by atoms with Gasteiger partial charge in [-0.1, -0.05) is 34.1 Å². The first-order valence-corrected chi connectivity index (χ1v) is 16.6. The zero-order chi connectivity index (χ0) is 37.0. The average Bonchev–Trinajstić information content (AvgIpc) is 3.71. The highest BCUT2D eigenvalue weighted by Gasteiger charge is 2.44. The minimum Gasteiger partial charge on any atom is -0.439 e. The Morgan fingerprint density at radius 3 is 2.16 bits per heavy atom. The molecule has 0 saturated carbocycles. The fourth-order valence-electron chi connectivity index (χ4n) is 5.58. The zero-order valence-corrected chi connectivity index (χ0v) is 29.4. The molecule has 5 atom stereocenters. The molecule has 2 heterocycles. The van der Waals surface area contributed by atoms with Crippen molar-refractivity contribution in [3.05, 3.63) is 45.2 Å². The molecule has 1 aliphatic heterocycles.